The van der Waals surface area contributed by atoms with Gasteiger partial charge in [0.25, 0.3) is 0 Å². The van der Waals surface area contributed by atoms with Gasteiger partial charge in [-0.1, -0.05) is 10.2 Å². The molecule has 8 nitrogen and oxygen atoms in total. The second-order valence-corrected chi connectivity index (χ2v) is 5.04. The average Bonchev–Trinajstić information content (AvgIpc) is 2.53. The number of amides is 4. The van der Waals surface area contributed by atoms with Crippen molar-refractivity contribution < 1.29 is 9.59 Å². The van der Waals surface area contributed by atoms with Crippen LogP contribution in [0.2, 0.25) is 0 Å². The number of carbonyl (C=O) groups excluding carboxylic acids is 2. The molecule has 0 unspecified atom stereocenters. The predicted octanol–water partition coefficient (Wildman–Crippen LogP) is 3.02. The van der Waals surface area contributed by atoms with Gasteiger partial charge in [0.15, 0.2) is 0 Å². The number of urea groups is 2. The molecule has 20 heavy (non-hydrogen) atoms. The highest BCUT2D eigenvalue weighted by atomic mass is 16.2. The van der Waals surface area contributed by atoms with E-state index in [0.717, 1.165) is 38.5 Å². The molecule has 0 saturated carbocycles. The van der Waals surface area contributed by atoms with Crippen molar-refractivity contribution >= 4 is 12.1 Å². The van der Waals surface area contributed by atoms with E-state index in [1.165, 1.54) is 0 Å². The molecule has 0 spiro atoms. The van der Waals surface area contributed by atoms with Gasteiger partial charge in [-0.05, 0) is 49.0 Å². The Kier molecular flexibility index (Phi) is 5.57. The summed E-state index contributed by atoms with van der Waals surface area (Å²) in [5.74, 6) is 0. The molecule has 0 radical (unpaired) electrons. The Labute approximate surface area is 117 Å². The molecule has 2 rings (SSSR count). The van der Waals surface area contributed by atoms with Gasteiger partial charge in [0, 0.05) is 26.2 Å². The van der Waals surface area contributed by atoms with Crippen LogP contribution in [0.25, 0.3) is 0 Å². The zero-order chi connectivity index (χ0) is 14.2. The maximum atomic E-state index is 11.6. The van der Waals surface area contributed by atoms with Crippen molar-refractivity contribution in [2.24, 2.45) is 20.7 Å². The normalized spacial score (nSPS) is 20.8. The van der Waals surface area contributed by atoms with E-state index < -0.39 is 12.1 Å². The standard InChI is InChI=1S/C12H20N6O2/c19-11(17-7-3-1-4-8-17)13-15-16-14-12(20)18-9-5-2-6-10-18/h1-10H2. The van der Waals surface area contributed by atoms with Crippen molar-refractivity contribution in [1.82, 2.24) is 9.80 Å². The van der Waals surface area contributed by atoms with E-state index in [9.17, 15) is 9.59 Å². The Balaban J connectivity index is 1.75. The van der Waals surface area contributed by atoms with Crippen LogP contribution in [0.15, 0.2) is 20.7 Å². The molecule has 0 aliphatic carbocycles. The summed E-state index contributed by atoms with van der Waals surface area (Å²) in [6.07, 6.45) is 6.27. The van der Waals surface area contributed by atoms with Gasteiger partial charge in [0.05, 0.1) is 0 Å². The van der Waals surface area contributed by atoms with E-state index in [1.807, 2.05) is 0 Å². The van der Waals surface area contributed by atoms with E-state index in [-0.39, 0.29) is 0 Å². The molecule has 2 fully saturated rings. The van der Waals surface area contributed by atoms with Gasteiger partial charge in [0.1, 0.15) is 0 Å². The first kappa shape index (κ1) is 14.5. The van der Waals surface area contributed by atoms with Gasteiger partial charge in [-0.2, -0.15) is 0 Å². The molecular formula is C12H20N6O2. The smallest absolute Gasteiger partial charge is 0.322 e. The number of hydrogen-bond donors (Lipinski definition) is 0. The largest absolute Gasteiger partial charge is 0.363 e. The minimum atomic E-state index is -0.408. The summed E-state index contributed by atoms with van der Waals surface area (Å²) in [4.78, 5) is 26.5. The van der Waals surface area contributed by atoms with Gasteiger partial charge in [-0.25, -0.2) is 9.59 Å². The van der Waals surface area contributed by atoms with Gasteiger partial charge in [0.2, 0.25) is 0 Å². The highest BCUT2D eigenvalue weighted by Gasteiger charge is 2.16. The van der Waals surface area contributed by atoms with Crippen molar-refractivity contribution in [3.8, 4) is 0 Å². The van der Waals surface area contributed by atoms with Gasteiger partial charge in [-0.3, -0.25) is 0 Å². The third-order valence-electron chi connectivity index (χ3n) is 3.55. The molecule has 8 heteroatoms. The number of carbonyl (C=O) groups is 2. The summed E-state index contributed by atoms with van der Waals surface area (Å²) in [6.45, 7) is 2.84. The maximum absolute atomic E-state index is 11.6. The Bertz CT molecular complexity index is 359. The molecule has 0 bridgehead atoms. The van der Waals surface area contributed by atoms with Gasteiger partial charge in [-0.15, -0.1) is 0 Å². The van der Waals surface area contributed by atoms with Gasteiger partial charge >= 0.3 is 12.1 Å². The first-order valence-corrected chi connectivity index (χ1v) is 7.17. The average molecular weight is 280 g/mol. The molecule has 2 saturated heterocycles. The Morgan fingerprint density at radius 3 is 1.30 bits per heavy atom. The second kappa shape index (κ2) is 7.66. The summed E-state index contributed by atoms with van der Waals surface area (Å²) in [5.41, 5.74) is 0. The quantitative estimate of drug-likeness (QED) is 0.545. The lowest BCUT2D eigenvalue weighted by Crippen LogP contribution is -2.33. The van der Waals surface area contributed by atoms with Crippen LogP contribution in [0.5, 0.6) is 0 Å². The molecule has 2 heterocycles. The number of rotatable bonds is 1. The van der Waals surface area contributed by atoms with Crippen molar-refractivity contribution in [3.63, 3.8) is 0 Å². The van der Waals surface area contributed by atoms with Crippen molar-refractivity contribution in [1.29, 1.82) is 0 Å². The minimum Gasteiger partial charge on any atom is -0.322 e. The van der Waals surface area contributed by atoms with Crippen LogP contribution < -0.4 is 0 Å². The topological polar surface area (TPSA) is 90.1 Å². The summed E-state index contributed by atoms with van der Waals surface area (Å²) in [5, 5.41) is 13.5. The number of likely N-dealkylation sites (tertiary alicyclic amines) is 2. The number of nitrogens with zero attached hydrogens (tertiary/aromatic N) is 6. The molecule has 0 aromatic carbocycles. The van der Waals surface area contributed by atoms with E-state index in [4.69, 9.17) is 0 Å². The van der Waals surface area contributed by atoms with Crippen LogP contribution in [-0.2, 0) is 0 Å². The molecule has 0 aromatic rings. The molecule has 0 atom stereocenters. The summed E-state index contributed by atoms with van der Waals surface area (Å²) in [7, 11) is 0. The zero-order valence-electron chi connectivity index (χ0n) is 11.6. The van der Waals surface area contributed by atoms with Crippen molar-refractivity contribution in [2.45, 2.75) is 38.5 Å². The Hall–Kier alpha value is -1.86. The monoisotopic (exact) mass is 280 g/mol. The SMILES string of the molecule is O=C(N=NN=NC(=O)N1CCCCC1)N1CCCCC1. The van der Waals surface area contributed by atoms with Crippen LogP contribution in [0.4, 0.5) is 9.59 Å². The first-order valence-electron chi connectivity index (χ1n) is 7.17. The van der Waals surface area contributed by atoms with Crippen molar-refractivity contribution in [3.05, 3.63) is 0 Å². The second-order valence-electron chi connectivity index (χ2n) is 5.04. The van der Waals surface area contributed by atoms with E-state index >= 15 is 0 Å². The fourth-order valence-electron chi connectivity index (χ4n) is 2.41. The number of piperidine rings is 2. The molecule has 110 valence electrons. The molecule has 4 amide bonds. The summed E-state index contributed by atoms with van der Waals surface area (Å²) < 4.78 is 0. The highest BCUT2D eigenvalue weighted by molar-refractivity contribution is 5.75. The zero-order valence-corrected chi connectivity index (χ0v) is 11.6. The van der Waals surface area contributed by atoms with E-state index in [1.54, 1.807) is 9.80 Å². The predicted molar refractivity (Wildman–Crippen MR) is 71.4 cm³/mol. The van der Waals surface area contributed by atoms with Crippen LogP contribution >= 0.6 is 0 Å². The third kappa shape index (κ3) is 4.36. The lowest BCUT2D eigenvalue weighted by atomic mass is 10.1. The van der Waals surface area contributed by atoms with Crippen LogP contribution in [-0.4, -0.2) is 48.0 Å². The van der Waals surface area contributed by atoms with E-state index in [0.29, 0.717) is 26.2 Å². The summed E-state index contributed by atoms with van der Waals surface area (Å²) in [6, 6.07) is -0.817. The first-order chi connectivity index (χ1) is 9.77. The Morgan fingerprint density at radius 1 is 0.600 bits per heavy atom. The molecule has 0 aromatic heterocycles. The van der Waals surface area contributed by atoms with Crippen LogP contribution in [0.3, 0.4) is 0 Å². The molecule has 2 aliphatic heterocycles. The summed E-state index contributed by atoms with van der Waals surface area (Å²) >= 11 is 0. The molecular weight excluding hydrogens is 260 g/mol. The number of hydrogen-bond acceptors (Lipinski definition) is 2. The third-order valence-corrected chi connectivity index (χ3v) is 3.55. The van der Waals surface area contributed by atoms with Gasteiger partial charge < -0.3 is 9.80 Å². The highest BCUT2D eigenvalue weighted by Crippen LogP contribution is 2.11. The molecule has 0 N–H and O–H groups in total. The van der Waals surface area contributed by atoms with Crippen LogP contribution in [0.1, 0.15) is 38.5 Å². The van der Waals surface area contributed by atoms with E-state index in [2.05, 4.69) is 20.7 Å². The van der Waals surface area contributed by atoms with Crippen LogP contribution in [0, 0.1) is 0 Å². The fourth-order valence-corrected chi connectivity index (χ4v) is 2.41. The fraction of sp³-hybridized carbons (Fsp3) is 0.833. The lowest BCUT2D eigenvalue weighted by molar-refractivity contribution is 0.192. The Morgan fingerprint density at radius 2 is 0.950 bits per heavy atom. The minimum absolute atomic E-state index is 0.408. The molecule has 2 aliphatic rings. The lowest BCUT2D eigenvalue weighted by Gasteiger charge is -2.23. The maximum Gasteiger partial charge on any atom is 0.363 e. The van der Waals surface area contributed by atoms with Crippen molar-refractivity contribution in [2.75, 3.05) is 26.2 Å².